The smallest absolute Gasteiger partial charge is 0.269 e. The van der Waals surface area contributed by atoms with Crippen molar-refractivity contribution >= 4 is 38.5 Å². The highest BCUT2D eigenvalue weighted by atomic mass is 32.1. The first-order chi connectivity index (χ1) is 12.1. The quantitative estimate of drug-likeness (QED) is 0.556. The van der Waals surface area contributed by atoms with Crippen LogP contribution in [-0.4, -0.2) is 20.0 Å². The van der Waals surface area contributed by atoms with Gasteiger partial charge in [-0.25, -0.2) is 4.98 Å². The van der Waals surface area contributed by atoms with E-state index in [2.05, 4.69) is 9.98 Å². The Bertz CT molecular complexity index is 1230. The molecule has 0 atom stereocenters. The van der Waals surface area contributed by atoms with E-state index in [4.69, 9.17) is 0 Å². The summed E-state index contributed by atoms with van der Waals surface area (Å²) in [5.41, 5.74) is 2.00. The van der Waals surface area contributed by atoms with Gasteiger partial charge in [-0.2, -0.15) is 4.99 Å². The van der Waals surface area contributed by atoms with Crippen molar-refractivity contribution in [3.8, 4) is 0 Å². The van der Waals surface area contributed by atoms with Crippen LogP contribution < -0.4 is 10.4 Å². The third kappa shape index (κ3) is 2.78. The fraction of sp³-hybridized carbons (Fsp3) is 0.111. The number of hydrogen-bond donors (Lipinski definition) is 0. The van der Waals surface area contributed by atoms with Crippen molar-refractivity contribution in [2.24, 2.45) is 12.0 Å². The molecule has 0 bridgehead atoms. The molecule has 124 valence electrons. The summed E-state index contributed by atoms with van der Waals surface area (Å²) in [5.74, 6) is -0.374. The number of aromatic nitrogens is 3. The molecule has 0 aliphatic heterocycles. The number of fused-ring (bicyclic) bond motifs is 2. The van der Waals surface area contributed by atoms with Crippen LogP contribution in [0, 0.1) is 0 Å². The third-order valence-corrected chi connectivity index (χ3v) is 5.09. The van der Waals surface area contributed by atoms with E-state index in [1.807, 2.05) is 48.0 Å². The molecule has 6 nitrogen and oxygen atoms in total. The SMILES string of the molecule is Cn1c(=NC(=O)Cn2c(=O)cnc3ccccc32)sc2ccccc21. The number of carbonyl (C=O) groups is 1. The minimum atomic E-state index is -0.374. The zero-order chi connectivity index (χ0) is 17.4. The van der Waals surface area contributed by atoms with Crippen molar-refractivity contribution in [3.05, 3.63) is 69.9 Å². The summed E-state index contributed by atoms with van der Waals surface area (Å²) >= 11 is 1.45. The van der Waals surface area contributed by atoms with Gasteiger partial charge in [0.05, 0.1) is 27.4 Å². The lowest BCUT2D eigenvalue weighted by Gasteiger charge is -2.06. The average Bonchev–Trinajstić information content (AvgIpc) is 2.93. The van der Waals surface area contributed by atoms with Gasteiger partial charge >= 0.3 is 0 Å². The maximum atomic E-state index is 12.5. The summed E-state index contributed by atoms with van der Waals surface area (Å²) in [7, 11) is 1.87. The molecule has 0 N–H and O–H groups in total. The van der Waals surface area contributed by atoms with E-state index in [9.17, 15) is 9.59 Å². The number of thiazole rings is 1. The predicted molar refractivity (Wildman–Crippen MR) is 97.4 cm³/mol. The van der Waals surface area contributed by atoms with Crippen molar-refractivity contribution < 1.29 is 4.79 Å². The number of para-hydroxylation sites is 3. The van der Waals surface area contributed by atoms with E-state index < -0.39 is 0 Å². The molecule has 4 aromatic rings. The van der Waals surface area contributed by atoms with Crippen LogP contribution in [0.1, 0.15) is 0 Å². The molecule has 7 heteroatoms. The van der Waals surface area contributed by atoms with Gasteiger partial charge in [0, 0.05) is 7.05 Å². The first-order valence-corrected chi connectivity index (χ1v) is 8.52. The Morgan fingerprint density at radius 2 is 1.84 bits per heavy atom. The zero-order valence-corrected chi connectivity index (χ0v) is 14.2. The van der Waals surface area contributed by atoms with Crippen LogP contribution in [0.15, 0.2) is 64.5 Å². The van der Waals surface area contributed by atoms with Crippen LogP contribution in [0.5, 0.6) is 0 Å². The summed E-state index contributed by atoms with van der Waals surface area (Å²) in [6.07, 6.45) is 1.23. The van der Waals surface area contributed by atoms with Crippen LogP contribution in [0.3, 0.4) is 0 Å². The number of carbonyl (C=O) groups excluding carboxylic acids is 1. The van der Waals surface area contributed by atoms with Crippen molar-refractivity contribution in [1.29, 1.82) is 0 Å². The molecule has 2 heterocycles. The Labute approximate surface area is 146 Å². The molecule has 2 aromatic heterocycles. The fourth-order valence-electron chi connectivity index (χ4n) is 2.74. The number of amides is 1. The molecule has 0 saturated carbocycles. The van der Waals surface area contributed by atoms with Crippen LogP contribution in [0.2, 0.25) is 0 Å². The molecular formula is C18H14N4O2S. The lowest BCUT2D eigenvalue weighted by molar-refractivity contribution is -0.118. The number of benzene rings is 2. The topological polar surface area (TPSA) is 69.2 Å². The second kappa shape index (κ2) is 6.10. The van der Waals surface area contributed by atoms with Gasteiger partial charge in [-0.1, -0.05) is 35.6 Å². The van der Waals surface area contributed by atoms with Gasteiger partial charge in [0.15, 0.2) is 4.80 Å². The number of nitrogens with zero attached hydrogens (tertiary/aromatic N) is 4. The highest BCUT2D eigenvalue weighted by Gasteiger charge is 2.09. The summed E-state index contributed by atoms with van der Waals surface area (Å²) in [4.78, 5) is 33.5. The molecular weight excluding hydrogens is 336 g/mol. The number of rotatable bonds is 2. The van der Waals surface area contributed by atoms with Gasteiger partial charge in [-0.3, -0.25) is 14.2 Å². The van der Waals surface area contributed by atoms with Gasteiger partial charge < -0.3 is 4.57 Å². The van der Waals surface area contributed by atoms with Gasteiger partial charge in [0.25, 0.3) is 11.5 Å². The Kier molecular flexibility index (Phi) is 3.77. The van der Waals surface area contributed by atoms with Crippen molar-refractivity contribution in [3.63, 3.8) is 0 Å². The maximum absolute atomic E-state index is 12.5. The number of aryl methyl sites for hydroxylation is 1. The van der Waals surface area contributed by atoms with E-state index in [1.165, 1.54) is 22.1 Å². The van der Waals surface area contributed by atoms with Crippen molar-refractivity contribution in [2.75, 3.05) is 0 Å². The molecule has 0 spiro atoms. The normalized spacial score (nSPS) is 12.1. The molecule has 2 aromatic carbocycles. The zero-order valence-electron chi connectivity index (χ0n) is 13.4. The highest BCUT2D eigenvalue weighted by molar-refractivity contribution is 7.16. The lowest BCUT2D eigenvalue weighted by Crippen LogP contribution is -2.25. The van der Waals surface area contributed by atoms with Gasteiger partial charge in [-0.15, -0.1) is 0 Å². The van der Waals surface area contributed by atoms with E-state index in [0.29, 0.717) is 15.8 Å². The van der Waals surface area contributed by atoms with Crippen LogP contribution in [-0.2, 0) is 18.4 Å². The molecule has 1 amide bonds. The predicted octanol–water partition coefficient (Wildman–Crippen LogP) is 2.08. The van der Waals surface area contributed by atoms with Crippen LogP contribution in [0.4, 0.5) is 0 Å². The molecule has 0 aliphatic rings. The van der Waals surface area contributed by atoms with Gasteiger partial charge in [0.1, 0.15) is 6.54 Å². The summed E-state index contributed by atoms with van der Waals surface area (Å²) < 4.78 is 4.34. The molecule has 0 saturated heterocycles. The average molecular weight is 350 g/mol. The van der Waals surface area contributed by atoms with E-state index >= 15 is 0 Å². The highest BCUT2D eigenvalue weighted by Crippen LogP contribution is 2.15. The summed E-state index contributed by atoms with van der Waals surface area (Å²) in [5, 5.41) is 0. The van der Waals surface area contributed by atoms with Crippen LogP contribution >= 0.6 is 11.3 Å². The summed E-state index contributed by atoms with van der Waals surface area (Å²) in [6.45, 7) is -0.115. The van der Waals surface area contributed by atoms with E-state index in [0.717, 1.165) is 10.2 Å². The Morgan fingerprint density at radius 3 is 2.64 bits per heavy atom. The van der Waals surface area contributed by atoms with Gasteiger partial charge in [0.2, 0.25) is 0 Å². The minimum absolute atomic E-state index is 0.115. The van der Waals surface area contributed by atoms with Crippen LogP contribution in [0.25, 0.3) is 21.3 Å². The monoisotopic (exact) mass is 350 g/mol. The van der Waals surface area contributed by atoms with E-state index in [1.54, 1.807) is 12.1 Å². The molecule has 0 unspecified atom stereocenters. The second-order valence-electron chi connectivity index (χ2n) is 5.59. The first-order valence-electron chi connectivity index (χ1n) is 7.70. The molecule has 0 aliphatic carbocycles. The third-order valence-electron chi connectivity index (χ3n) is 3.98. The van der Waals surface area contributed by atoms with Crippen molar-refractivity contribution in [2.45, 2.75) is 6.54 Å². The fourth-order valence-corrected chi connectivity index (χ4v) is 3.78. The first kappa shape index (κ1) is 15.5. The minimum Gasteiger partial charge on any atom is -0.319 e. The maximum Gasteiger partial charge on any atom is 0.269 e. The Hall–Kier alpha value is -3.06. The largest absolute Gasteiger partial charge is 0.319 e. The van der Waals surface area contributed by atoms with E-state index in [-0.39, 0.29) is 18.0 Å². The lowest BCUT2D eigenvalue weighted by atomic mass is 10.3. The molecule has 4 rings (SSSR count). The second-order valence-corrected chi connectivity index (χ2v) is 6.60. The number of hydrogen-bond acceptors (Lipinski definition) is 4. The standard InChI is InChI=1S/C18H14N4O2S/c1-21-14-8-4-5-9-15(14)25-18(21)20-16(23)11-22-13-7-3-2-6-12(13)19-10-17(22)24/h2-10H,11H2,1H3. The Balaban J connectivity index is 1.77. The Morgan fingerprint density at radius 1 is 1.12 bits per heavy atom. The summed E-state index contributed by atoms with van der Waals surface area (Å²) in [6, 6.07) is 15.1. The van der Waals surface area contributed by atoms with Gasteiger partial charge in [-0.05, 0) is 24.3 Å². The van der Waals surface area contributed by atoms with Crippen molar-refractivity contribution in [1.82, 2.24) is 14.1 Å². The molecule has 0 radical (unpaired) electrons. The molecule has 0 fully saturated rings. The molecule has 25 heavy (non-hydrogen) atoms.